The van der Waals surface area contributed by atoms with Crippen molar-refractivity contribution in [2.75, 3.05) is 12.3 Å². The van der Waals surface area contributed by atoms with Crippen LogP contribution in [0.4, 0.5) is 8.78 Å². The van der Waals surface area contributed by atoms with Gasteiger partial charge in [-0.2, -0.15) is 0 Å². The minimum absolute atomic E-state index is 0.0607. The van der Waals surface area contributed by atoms with Crippen molar-refractivity contribution in [2.24, 2.45) is 0 Å². The molecule has 1 amide bonds. The Morgan fingerprint density at radius 1 is 1.04 bits per heavy atom. The van der Waals surface area contributed by atoms with Crippen molar-refractivity contribution in [1.29, 1.82) is 0 Å². The van der Waals surface area contributed by atoms with Crippen LogP contribution in [-0.4, -0.2) is 28.4 Å². The van der Waals surface area contributed by atoms with E-state index < -0.39 is 5.82 Å². The first-order valence-corrected chi connectivity index (χ1v) is 8.83. The highest BCUT2D eigenvalue weighted by atomic mass is 32.2. The summed E-state index contributed by atoms with van der Waals surface area (Å²) in [6, 6.07) is 12.5. The summed E-state index contributed by atoms with van der Waals surface area (Å²) in [6.45, 7) is 0.324. The Balaban J connectivity index is 1.46. The third-order valence-corrected chi connectivity index (χ3v) is 4.33. The van der Waals surface area contributed by atoms with Gasteiger partial charge in [0.05, 0.1) is 11.3 Å². The van der Waals surface area contributed by atoms with Crippen molar-refractivity contribution in [3.63, 3.8) is 0 Å². The lowest BCUT2D eigenvalue weighted by molar-refractivity contribution is -0.118. The average Bonchev–Trinajstić information content (AvgIpc) is 3.11. The molecule has 0 spiro atoms. The Bertz CT molecular complexity index is 901. The molecule has 0 radical (unpaired) electrons. The maximum atomic E-state index is 13.7. The number of halogens is 2. The smallest absolute Gasteiger partial charge is 0.277 e. The standard InChI is InChI=1S/C18H15F2N3O2S/c19-14-7-3-1-5-12(14)9-10-21-16(24)11-26-18-23-22-17(25-18)13-6-2-4-8-15(13)20/h1-8H,9-11H2,(H,21,24). The number of carbonyl (C=O) groups excluding carboxylic acids is 1. The maximum Gasteiger partial charge on any atom is 0.277 e. The van der Waals surface area contributed by atoms with Gasteiger partial charge in [-0.1, -0.05) is 42.1 Å². The van der Waals surface area contributed by atoms with Gasteiger partial charge >= 0.3 is 0 Å². The Hall–Kier alpha value is -2.74. The molecule has 2 aromatic carbocycles. The lowest BCUT2D eigenvalue weighted by atomic mass is 10.1. The molecule has 26 heavy (non-hydrogen) atoms. The zero-order chi connectivity index (χ0) is 18.4. The van der Waals surface area contributed by atoms with Crippen LogP contribution in [0.15, 0.2) is 58.2 Å². The van der Waals surface area contributed by atoms with Gasteiger partial charge in [0.15, 0.2) is 0 Å². The highest BCUT2D eigenvalue weighted by molar-refractivity contribution is 7.99. The van der Waals surface area contributed by atoms with Crippen LogP contribution < -0.4 is 5.32 Å². The van der Waals surface area contributed by atoms with E-state index in [1.807, 2.05) is 0 Å². The molecule has 0 atom stereocenters. The van der Waals surface area contributed by atoms with Gasteiger partial charge in [-0.15, -0.1) is 10.2 Å². The number of amides is 1. The normalized spacial score (nSPS) is 10.7. The van der Waals surface area contributed by atoms with Gasteiger partial charge < -0.3 is 9.73 Å². The second kappa shape index (κ2) is 8.57. The van der Waals surface area contributed by atoms with Crippen molar-refractivity contribution >= 4 is 17.7 Å². The van der Waals surface area contributed by atoms with Gasteiger partial charge in [0.1, 0.15) is 11.6 Å². The summed E-state index contributed by atoms with van der Waals surface area (Å²) < 4.78 is 32.5. The molecule has 3 rings (SSSR count). The molecule has 0 aliphatic rings. The van der Waals surface area contributed by atoms with E-state index in [2.05, 4.69) is 15.5 Å². The Morgan fingerprint density at radius 3 is 2.54 bits per heavy atom. The predicted octanol–water partition coefficient (Wildman–Crippen LogP) is 3.47. The van der Waals surface area contributed by atoms with Crippen molar-refractivity contribution < 1.29 is 18.0 Å². The minimum Gasteiger partial charge on any atom is -0.411 e. The maximum absolute atomic E-state index is 13.7. The number of thioether (sulfide) groups is 1. The van der Waals surface area contributed by atoms with Crippen molar-refractivity contribution in [3.05, 3.63) is 65.7 Å². The minimum atomic E-state index is -0.460. The first-order valence-electron chi connectivity index (χ1n) is 7.85. The van der Waals surface area contributed by atoms with E-state index >= 15 is 0 Å². The van der Waals surface area contributed by atoms with Crippen LogP contribution in [0.2, 0.25) is 0 Å². The monoisotopic (exact) mass is 375 g/mol. The van der Waals surface area contributed by atoms with Crippen molar-refractivity contribution in [1.82, 2.24) is 15.5 Å². The van der Waals surface area contributed by atoms with Gasteiger partial charge in [-0.05, 0) is 30.2 Å². The summed E-state index contributed by atoms with van der Waals surface area (Å²) >= 11 is 1.05. The fraction of sp³-hybridized carbons (Fsp3) is 0.167. The molecule has 1 aromatic heterocycles. The van der Waals surface area contributed by atoms with E-state index in [9.17, 15) is 13.6 Å². The first kappa shape index (κ1) is 18.1. The molecule has 0 saturated heterocycles. The van der Waals surface area contributed by atoms with Gasteiger partial charge in [0, 0.05) is 6.54 Å². The third kappa shape index (κ3) is 4.66. The quantitative estimate of drug-likeness (QED) is 0.641. The van der Waals surface area contributed by atoms with Gasteiger partial charge in [0.2, 0.25) is 5.91 Å². The number of hydrogen-bond donors (Lipinski definition) is 1. The van der Waals surface area contributed by atoms with Crippen LogP contribution in [0.3, 0.4) is 0 Å². The molecule has 134 valence electrons. The van der Waals surface area contributed by atoms with Crippen LogP contribution in [-0.2, 0) is 11.2 Å². The number of nitrogens with zero attached hydrogens (tertiary/aromatic N) is 2. The molecular formula is C18H15F2N3O2S. The Kier molecular flexibility index (Phi) is 5.96. The lowest BCUT2D eigenvalue weighted by Gasteiger charge is -2.05. The summed E-state index contributed by atoms with van der Waals surface area (Å²) in [5.41, 5.74) is 0.757. The zero-order valence-corrected chi connectivity index (χ0v) is 14.4. The molecule has 0 aliphatic heterocycles. The van der Waals surface area contributed by atoms with Crippen LogP contribution in [0, 0.1) is 11.6 Å². The molecule has 1 heterocycles. The molecule has 0 aliphatic carbocycles. The summed E-state index contributed by atoms with van der Waals surface area (Å²) in [5.74, 6) is -0.861. The van der Waals surface area contributed by atoms with E-state index in [0.29, 0.717) is 18.5 Å². The highest BCUT2D eigenvalue weighted by Gasteiger charge is 2.14. The van der Waals surface area contributed by atoms with Gasteiger partial charge in [-0.3, -0.25) is 4.79 Å². The van der Waals surface area contributed by atoms with E-state index in [-0.39, 0.29) is 34.2 Å². The first-order chi connectivity index (χ1) is 12.6. The number of carbonyl (C=O) groups is 1. The second-order valence-electron chi connectivity index (χ2n) is 5.33. The van der Waals surface area contributed by atoms with Crippen LogP contribution in [0.25, 0.3) is 11.5 Å². The molecule has 1 N–H and O–H groups in total. The van der Waals surface area contributed by atoms with Crippen LogP contribution in [0.5, 0.6) is 0 Å². The average molecular weight is 375 g/mol. The third-order valence-electron chi connectivity index (χ3n) is 3.51. The van der Waals surface area contributed by atoms with E-state index in [1.54, 1.807) is 30.3 Å². The molecule has 0 unspecified atom stereocenters. The van der Waals surface area contributed by atoms with Crippen LogP contribution >= 0.6 is 11.8 Å². The molecular weight excluding hydrogens is 360 g/mol. The molecule has 0 fully saturated rings. The van der Waals surface area contributed by atoms with Crippen molar-refractivity contribution in [3.8, 4) is 11.5 Å². The summed E-state index contributed by atoms with van der Waals surface area (Å²) in [5, 5.41) is 10.5. The molecule has 0 saturated carbocycles. The number of benzene rings is 2. The molecule has 0 bridgehead atoms. The zero-order valence-electron chi connectivity index (χ0n) is 13.6. The SMILES string of the molecule is O=C(CSc1nnc(-c2ccccc2F)o1)NCCc1ccccc1F. The largest absolute Gasteiger partial charge is 0.411 e. The number of rotatable bonds is 7. The number of hydrogen-bond acceptors (Lipinski definition) is 5. The lowest BCUT2D eigenvalue weighted by Crippen LogP contribution is -2.27. The van der Waals surface area contributed by atoms with Gasteiger partial charge in [-0.25, -0.2) is 8.78 Å². The second-order valence-corrected chi connectivity index (χ2v) is 6.26. The van der Waals surface area contributed by atoms with Crippen molar-refractivity contribution in [2.45, 2.75) is 11.6 Å². The molecule has 5 nitrogen and oxygen atoms in total. The van der Waals surface area contributed by atoms with E-state index in [4.69, 9.17) is 4.42 Å². The Morgan fingerprint density at radius 2 is 1.77 bits per heavy atom. The van der Waals surface area contributed by atoms with Gasteiger partial charge in [0.25, 0.3) is 11.1 Å². The van der Waals surface area contributed by atoms with E-state index in [1.165, 1.54) is 18.2 Å². The number of nitrogens with one attached hydrogen (secondary N) is 1. The Labute approximate surface area is 152 Å². The molecule has 3 aromatic rings. The summed E-state index contributed by atoms with van der Waals surface area (Å²) in [7, 11) is 0. The fourth-order valence-electron chi connectivity index (χ4n) is 2.23. The predicted molar refractivity (Wildman–Crippen MR) is 93.5 cm³/mol. The summed E-state index contributed by atoms with van der Waals surface area (Å²) in [4.78, 5) is 11.8. The fourth-order valence-corrected chi connectivity index (χ4v) is 2.82. The highest BCUT2D eigenvalue weighted by Crippen LogP contribution is 2.24. The van der Waals surface area contributed by atoms with E-state index in [0.717, 1.165) is 11.8 Å². The number of aromatic nitrogens is 2. The topological polar surface area (TPSA) is 68.0 Å². The molecule has 8 heteroatoms. The summed E-state index contributed by atoms with van der Waals surface area (Å²) in [6.07, 6.45) is 0.404. The van der Waals surface area contributed by atoms with Crippen LogP contribution in [0.1, 0.15) is 5.56 Å².